The number of ketones is 2. The van der Waals surface area contributed by atoms with Gasteiger partial charge in [0.15, 0.2) is 5.76 Å². The van der Waals surface area contributed by atoms with Crippen LogP contribution in [-0.4, -0.2) is 41.6 Å². The molecule has 112 valence electrons. The molecule has 7 nitrogen and oxygen atoms in total. The van der Waals surface area contributed by atoms with Gasteiger partial charge >= 0.3 is 0 Å². The Bertz CT molecular complexity index is 552. The first-order valence-corrected chi connectivity index (χ1v) is 6.72. The van der Waals surface area contributed by atoms with Crippen molar-refractivity contribution in [2.45, 2.75) is 19.3 Å². The Labute approximate surface area is 121 Å². The molecule has 0 aromatic heterocycles. The van der Waals surface area contributed by atoms with Crippen LogP contribution in [0.1, 0.15) is 19.3 Å². The number of Topliss-reactive ketones (excluding diaryl/α,β-unsaturated/α-hetero) is 1. The molecule has 0 radical (unpaired) electrons. The summed E-state index contributed by atoms with van der Waals surface area (Å²) in [6.45, 7) is 0.569. The topological polar surface area (TPSA) is 113 Å². The number of hydrogen-bond donors (Lipinski definition) is 3. The molecule has 1 atom stereocenters. The van der Waals surface area contributed by atoms with Crippen LogP contribution in [0, 0.1) is 5.92 Å². The predicted octanol–water partition coefficient (Wildman–Crippen LogP) is -0.461. The number of piperidine rings is 1. The van der Waals surface area contributed by atoms with Gasteiger partial charge in [-0.2, -0.15) is 0 Å². The van der Waals surface area contributed by atoms with E-state index < -0.39 is 17.3 Å². The molecule has 7 heteroatoms. The van der Waals surface area contributed by atoms with Crippen LogP contribution in [0.25, 0.3) is 0 Å². The van der Waals surface area contributed by atoms with Gasteiger partial charge in [-0.15, -0.1) is 0 Å². The molecule has 0 saturated carbocycles. The number of aliphatic hydroxyl groups is 1. The summed E-state index contributed by atoms with van der Waals surface area (Å²) in [7, 11) is 0. The second kappa shape index (κ2) is 6.34. The zero-order valence-electron chi connectivity index (χ0n) is 11.3. The van der Waals surface area contributed by atoms with E-state index in [0.717, 1.165) is 6.08 Å². The fraction of sp³-hybridized carbons (Fsp3) is 0.429. The van der Waals surface area contributed by atoms with E-state index in [1.165, 1.54) is 6.08 Å². The van der Waals surface area contributed by atoms with E-state index in [1.807, 2.05) is 0 Å². The molecule has 1 aliphatic heterocycles. The monoisotopic (exact) mass is 292 g/mol. The summed E-state index contributed by atoms with van der Waals surface area (Å²) >= 11 is 0. The molecular weight excluding hydrogens is 276 g/mol. The maximum Gasteiger partial charge on any atom is 0.267 e. The van der Waals surface area contributed by atoms with Crippen molar-refractivity contribution in [1.29, 1.82) is 0 Å². The average Bonchev–Trinajstić information content (AvgIpc) is 2.48. The quantitative estimate of drug-likeness (QED) is 0.479. The van der Waals surface area contributed by atoms with Gasteiger partial charge in [0.05, 0.1) is 5.92 Å². The highest BCUT2D eigenvalue weighted by Gasteiger charge is 2.25. The van der Waals surface area contributed by atoms with E-state index in [4.69, 9.17) is 0 Å². The number of aliphatic hydroxyl groups excluding tert-OH is 1. The summed E-state index contributed by atoms with van der Waals surface area (Å²) < 4.78 is 0. The Balaban J connectivity index is 1.81. The lowest BCUT2D eigenvalue weighted by atomic mass is 9.98. The minimum absolute atomic E-state index is 0.0512. The van der Waals surface area contributed by atoms with Crippen molar-refractivity contribution in [3.05, 3.63) is 23.5 Å². The third kappa shape index (κ3) is 3.56. The van der Waals surface area contributed by atoms with Gasteiger partial charge in [-0.1, -0.05) is 6.08 Å². The minimum atomic E-state index is -0.922. The zero-order chi connectivity index (χ0) is 15.4. The van der Waals surface area contributed by atoms with Crippen molar-refractivity contribution < 1.29 is 24.3 Å². The molecule has 2 rings (SSSR count). The van der Waals surface area contributed by atoms with Gasteiger partial charge in [0.25, 0.3) is 5.78 Å². The number of allylic oxidation sites excluding steroid dienone is 3. The van der Waals surface area contributed by atoms with E-state index in [1.54, 1.807) is 0 Å². The van der Waals surface area contributed by atoms with Crippen molar-refractivity contribution in [3.63, 3.8) is 0 Å². The van der Waals surface area contributed by atoms with Crippen LogP contribution >= 0.6 is 0 Å². The third-order valence-corrected chi connectivity index (χ3v) is 3.51. The number of amides is 2. The minimum Gasteiger partial charge on any atom is -0.504 e. The summed E-state index contributed by atoms with van der Waals surface area (Å²) in [5.74, 6) is -2.70. The Hall–Kier alpha value is -2.44. The number of carbonyl (C=O) groups is 4. The summed E-state index contributed by atoms with van der Waals surface area (Å²) in [5, 5.41) is 14.9. The molecule has 1 aliphatic carbocycles. The molecule has 1 unspecified atom stereocenters. The first kappa shape index (κ1) is 15.0. The predicted molar refractivity (Wildman–Crippen MR) is 72.2 cm³/mol. The Morgan fingerprint density at radius 1 is 1.33 bits per heavy atom. The van der Waals surface area contributed by atoms with Crippen LogP contribution in [0.15, 0.2) is 23.5 Å². The van der Waals surface area contributed by atoms with Crippen LogP contribution in [0.5, 0.6) is 0 Å². The molecule has 0 aromatic carbocycles. The Kier molecular flexibility index (Phi) is 4.52. The largest absolute Gasteiger partial charge is 0.504 e. The summed E-state index contributed by atoms with van der Waals surface area (Å²) in [6.07, 6.45) is 3.59. The lowest BCUT2D eigenvalue weighted by Gasteiger charge is -2.21. The van der Waals surface area contributed by atoms with Crippen LogP contribution in [0.2, 0.25) is 0 Å². The smallest absolute Gasteiger partial charge is 0.267 e. The molecular formula is C14H16N2O5. The highest BCUT2D eigenvalue weighted by atomic mass is 16.3. The van der Waals surface area contributed by atoms with Gasteiger partial charge in [0, 0.05) is 19.5 Å². The number of hydrogen-bond acceptors (Lipinski definition) is 5. The highest BCUT2D eigenvalue weighted by Crippen LogP contribution is 2.15. The highest BCUT2D eigenvalue weighted by molar-refractivity contribution is 6.47. The number of rotatable bonds is 4. The standard InChI is InChI=1S/C14H16N2O5/c17-10-3-1-8(12(19)13(10)20)5-6-15-14(21)9-2-4-11(18)16-7-9/h1,3,9,19H,2,4-7H2,(H,15,21)(H,16,18). The fourth-order valence-corrected chi connectivity index (χ4v) is 2.22. The second-order valence-corrected chi connectivity index (χ2v) is 4.98. The molecule has 2 amide bonds. The molecule has 0 aromatic rings. The fourth-order valence-electron chi connectivity index (χ4n) is 2.22. The molecule has 1 saturated heterocycles. The summed E-state index contributed by atoms with van der Waals surface area (Å²) in [5.41, 5.74) is 0.330. The molecule has 0 bridgehead atoms. The number of carbonyl (C=O) groups excluding carboxylic acids is 4. The normalized spacial score (nSPS) is 22.3. The lowest BCUT2D eigenvalue weighted by molar-refractivity contribution is -0.133. The van der Waals surface area contributed by atoms with E-state index in [9.17, 15) is 24.3 Å². The molecule has 2 aliphatic rings. The van der Waals surface area contributed by atoms with Crippen molar-refractivity contribution in [2.24, 2.45) is 5.92 Å². The maximum absolute atomic E-state index is 11.9. The Morgan fingerprint density at radius 3 is 2.76 bits per heavy atom. The van der Waals surface area contributed by atoms with Gasteiger partial charge in [0.2, 0.25) is 17.6 Å². The van der Waals surface area contributed by atoms with E-state index in [2.05, 4.69) is 10.6 Å². The lowest BCUT2D eigenvalue weighted by Crippen LogP contribution is -2.43. The van der Waals surface area contributed by atoms with Crippen molar-refractivity contribution in [2.75, 3.05) is 13.1 Å². The van der Waals surface area contributed by atoms with Crippen LogP contribution in [-0.2, 0) is 19.2 Å². The van der Waals surface area contributed by atoms with Gasteiger partial charge < -0.3 is 15.7 Å². The molecule has 0 spiro atoms. The van der Waals surface area contributed by atoms with Gasteiger partial charge in [-0.05, 0) is 24.5 Å². The van der Waals surface area contributed by atoms with Crippen molar-refractivity contribution in [1.82, 2.24) is 10.6 Å². The molecule has 1 heterocycles. The second-order valence-electron chi connectivity index (χ2n) is 4.98. The van der Waals surface area contributed by atoms with Crippen molar-refractivity contribution >= 4 is 23.4 Å². The van der Waals surface area contributed by atoms with Crippen LogP contribution in [0.3, 0.4) is 0 Å². The number of nitrogens with one attached hydrogen (secondary N) is 2. The molecule has 3 N–H and O–H groups in total. The first-order valence-electron chi connectivity index (χ1n) is 6.72. The van der Waals surface area contributed by atoms with Gasteiger partial charge in [-0.25, -0.2) is 0 Å². The van der Waals surface area contributed by atoms with Crippen molar-refractivity contribution in [3.8, 4) is 0 Å². The Morgan fingerprint density at radius 2 is 2.10 bits per heavy atom. The average molecular weight is 292 g/mol. The zero-order valence-corrected chi connectivity index (χ0v) is 11.3. The van der Waals surface area contributed by atoms with Crippen LogP contribution < -0.4 is 10.6 Å². The molecule has 1 fully saturated rings. The first-order chi connectivity index (χ1) is 9.99. The third-order valence-electron chi connectivity index (χ3n) is 3.51. The van der Waals surface area contributed by atoms with E-state index in [-0.39, 0.29) is 30.7 Å². The molecule has 21 heavy (non-hydrogen) atoms. The summed E-state index contributed by atoms with van der Waals surface area (Å²) in [4.78, 5) is 45.2. The van der Waals surface area contributed by atoms with Crippen LogP contribution in [0.4, 0.5) is 0 Å². The van der Waals surface area contributed by atoms with Gasteiger partial charge in [0.1, 0.15) is 0 Å². The SMILES string of the molecule is O=C1CCC(C(=O)NCCC2=C(O)C(=O)C(=O)C=C2)CN1. The summed E-state index contributed by atoms with van der Waals surface area (Å²) in [6, 6.07) is 0. The van der Waals surface area contributed by atoms with Gasteiger partial charge in [-0.3, -0.25) is 19.2 Å². The van der Waals surface area contributed by atoms with E-state index in [0.29, 0.717) is 25.0 Å². The maximum atomic E-state index is 11.9. The van der Waals surface area contributed by atoms with E-state index >= 15 is 0 Å².